The smallest absolute Gasteiger partial charge is 0.118 e. The molecule has 1 aliphatic rings. The van der Waals surface area contributed by atoms with E-state index in [9.17, 15) is 0 Å². The highest BCUT2D eigenvalue weighted by molar-refractivity contribution is 5.26. The lowest BCUT2D eigenvalue weighted by Gasteiger charge is -2.30. The van der Waals surface area contributed by atoms with Gasteiger partial charge in [0.2, 0.25) is 0 Å². The minimum Gasteiger partial charge on any atom is -0.497 e. The summed E-state index contributed by atoms with van der Waals surface area (Å²) in [5.41, 5.74) is 3.36. The zero-order valence-corrected chi connectivity index (χ0v) is 22.5. The van der Waals surface area contributed by atoms with Gasteiger partial charge in [0.1, 0.15) is 18.0 Å². The first kappa shape index (κ1) is 28.1. The summed E-state index contributed by atoms with van der Waals surface area (Å²) in [5, 5.41) is 0. The van der Waals surface area contributed by atoms with Crippen LogP contribution < -0.4 is 4.74 Å². The molecule has 5 atom stereocenters. The van der Waals surface area contributed by atoms with E-state index in [-0.39, 0.29) is 24.4 Å². The monoisotopic (exact) mass is 516 g/mol. The van der Waals surface area contributed by atoms with Crippen molar-refractivity contribution in [3.05, 3.63) is 114 Å². The second kappa shape index (κ2) is 14.8. The molecule has 0 unspecified atom stereocenters. The first-order valence-electron chi connectivity index (χ1n) is 13.5. The predicted molar refractivity (Wildman–Crippen MR) is 150 cm³/mol. The first-order chi connectivity index (χ1) is 18.7. The minimum absolute atomic E-state index is 0.0962. The maximum Gasteiger partial charge on any atom is 0.118 e. The Kier molecular flexibility index (Phi) is 11.0. The minimum atomic E-state index is -0.307. The summed E-state index contributed by atoms with van der Waals surface area (Å²) >= 11 is 0. The van der Waals surface area contributed by atoms with E-state index in [0.717, 1.165) is 29.7 Å². The van der Waals surface area contributed by atoms with Crippen LogP contribution in [-0.4, -0.2) is 38.1 Å². The van der Waals surface area contributed by atoms with Crippen LogP contribution >= 0.6 is 0 Å². The molecule has 1 aliphatic heterocycles. The Balaban J connectivity index is 1.37. The summed E-state index contributed by atoms with van der Waals surface area (Å²) in [4.78, 5) is 0. The zero-order chi connectivity index (χ0) is 26.6. The van der Waals surface area contributed by atoms with Gasteiger partial charge in [-0.2, -0.15) is 0 Å². The highest BCUT2D eigenvalue weighted by atomic mass is 16.6. The van der Waals surface area contributed by atoms with Crippen molar-refractivity contribution in [2.24, 2.45) is 5.92 Å². The number of ether oxygens (including phenoxy) is 5. The number of hydrogen-bond donors (Lipinski definition) is 0. The van der Waals surface area contributed by atoms with Crippen molar-refractivity contribution in [1.29, 1.82) is 0 Å². The SMILES string of the molecule is C=C[C@@H](OCc1ccccc1)[C@@H](OCc1ccc(OC)cc1)[C@H]1C[C@@H](C)[C@H](CCOCc2ccccc2)O1. The number of hydrogen-bond acceptors (Lipinski definition) is 5. The number of benzene rings is 3. The molecular formula is C33H40O5. The van der Waals surface area contributed by atoms with E-state index in [1.54, 1.807) is 7.11 Å². The van der Waals surface area contributed by atoms with Crippen LogP contribution in [0.15, 0.2) is 97.6 Å². The van der Waals surface area contributed by atoms with E-state index >= 15 is 0 Å². The summed E-state index contributed by atoms with van der Waals surface area (Å²) in [6, 6.07) is 28.4. The van der Waals surface area contributed by atoms with E-state index in [4.69, 9.17) is 23.7 Å². The van der Waals surface area contributed by atoms with Crippen LogP contribution in [0.3, 0.4) is 0 Å². The molecule has 0 saturated carbocycles. The standard InChI is InChI=1S/C33H40O5/c1-4-30(36-23-27-13-9-6-10-14-27)33(37-24-28-15-17-29(34-3)18-16-28)32-21-25(2)31(38-32)19-20-35-22-26-11-7-5-8-12-26/h4-18,25,30-33H,1,19-24H2,2-3H3/t25-,30-,31+,32-,33-/m1/s1. The Bertz CT molecular complexity index is 1070. The molecule has 3 aromatic rings. The lowest BCUT2D eigenvalue weighted by Crippen LogP contribution is -2.40. The fraction of sp³-hybridized carbons (Fsp3) is 0.394. The van der Waals surface area contributed by atoms with Gasteiger partial charge >= 0.3 is 0 Å². The third kappa shape index (κ3) is 8.27. The largest absolute Gasteiger partial charge is 0.497 e. The maximum absolute atomic E-state index is 6.60. The van der Waals surface area contributed by atoms with Crippen molar-refractivity contribution in [2.75, 3.05) is 13.7 Å². The molecule has 1 fully saturated rings. The summed E-state index contributed by atoms with van der Waals surface area (Å²) in [7, 11) is 1.67. The van der Waals surface area contributed by atoms with Crippen LogP contribution in [0.5, 0.6) is 5.75 Å². The molecule has 1 saturated heterocycles. The van der Waals surface area contributed by atoms with Gasteiger partial charge in [0, 0.05) is 6.61 Å². The second-order valence-electron chi connectivity index (χ2n) is 9.87. The van der Waals surface area contributed by atoms with Gasteiger partial charge in [0.15, 0.2) is 0 Å². The highest BCUT2D eigenvalue weighted by Crippen LogP contribution is 2.33. The number of methoxy groups -OCH3 is 1. The first-order valence-corrected chi connectivity index (χ1v) is 13.5. The molecule has 0 aliphatic carbocycles. The summed E-state index contributed by atoms with van der Waals surface area (Å²) < 4.78 is 30.7. The van der Waals surface area contributed by atoms with Crippen LogP contribution in [0.4, 0.5) is 0 Å². The molecular weight excluding hydrogens is 476 g/mol. The quantitative estimate of drug-likeness (QED) is 0.165. The van der Waals surface area contributed by atoms with Gasteiger partial charge in [-0.25, -0.2) is 0 Å². The zero-order valence-electron chi connectivity index (χ0n) is 22.5. The maximum atomic E-state index is 6.60. The summed E-state index contributed by atoms with van der Waals surface area (Å²) in [6.07, 6.45) is 3.01. The van der Waals surface area contributed by atoms with Crippen molar-refractivity contribution in [3.63, 3.8) is 0 Å². The molecule has 0 spiro atoms. The lowest BCUT2D eigenvalue weighted by molar-refractivity contribution is -0.132. The molecule has 3 aromatic carbocycles. The molecule has 0 amide bonds. The van der Waals surface area contributed by atoms with Gasteiger partial charge in [0.25, 0.3) is 0 Å². The van der Waals surface area contributed by atoms with Gasteiger partial charge < -0.3 is 23.7 Å². The molecule has 38 heavy (non-hydrogen) atoms. The molecule has 202 valence electrons. The molecule has 0 N–H and O–H groups in total. The van der Waals surface area contributed by atoms with Gasteiger partial charge in [-0.3, -0.25) is 0 Å². The van der Waals surface area contributed by atoms with Gasteiger partial charge in [-0.05, 0) is 47.6 Å². The fourth-order valence-corrected chi connectivity index (χ4v) is 4.85. The van der Waals surface area contributed by atoms with Crippen LogP contribution in [-0.2, 0) is 38.8 Å². The second-order valence-corrected chi connectivity index (χ2v) is 9.87. The van der Waals surface area contributed by atoms with Gasteiger partial charge in [0.05, 0.1) is 39.1 Å². The van der Waals surface area contributed by atoms with Crippen LogP contribution in [0.1, 0.15) is 36.5 Å². The number of rotatable bonds is 15. The summed E-state index contributed by atoms with van der Waals surface area (Å²) in [6.45, 7) is 8.53. The molecule has 5 nitrogen and oxygen atoms in total. The Morgan fingerprint density at radius 2 is 1.45 bits per heavy atom. The molecule has 1 heterocycles. The molecule has 0 bridgehead atoms. The van der Waals surface area contributed by atoms with Crippen molar-refractivity contribution < 1.29 is 23.7 Å². The third-order valence-electron chi connectivity index (χ3n) is 7.06. The lowest BCUT2D eigenvalue weighted by atomic mass is 9.96. The van der Waals surface area contributed by atoms with Crippen molar-refractivity contribution in [1.82, 2.24) is 0 Å². The highest BCUT2D eigenvalue weighted by Gasteiger charge is 2.40. The average molecular weight is 517 g/mol. The van der Waals surface area contributed by atoms with Gasteiger partial charge in [-0.15, -0.1) is 6.58 Å². The average Bonchev–Trinajstić information content (AvgIpc) is 3.34. The fourth-order valence-electron chi connectivity index (χ4n) is 4.85. The van der Waals surface area contributed by atoms with E-state index in [0.29, 0.717) is 32.3 Å². The Labute approximate surface area is 227 Å². The third-order valence-corrected chi connectivity index (χ3v) is 7.06. The van der Waals surface area contributed by atoms with Crippen molar-refractivity contribution in [2.45, 2.75) is 64.0 Å². The molecule has 0 aromatic heterocycles. The van der Waals surface area contributed by atoms with E-state index in [1.165, 1.54) is 5.56 Å². The Hall–Kier alpha value is -2.96. The Morgan fingerprint density at radius 1 is 0.842 bits per heavy atom. The van der Waals surface area contributed by atoms with Crippen molar-refractivity contribution >= 4 is 0 Å². The summed E-state index contributed by atoms with van der Waals surface area (Å²) in [5.74, 6) is 1.22. The van der Waals surface area contributed by atoms with E-state index in [1.807, 2.05) is 66.7 Å². The van der Waals surface area contributed by atoms with E-state index < -0.39 is 0 Å². The van der Waals surface area contributed by atoms with Crippen LogP contribution in [0.25, 0.3) is 0 Å². The molecule has 5 heteroatoms. The van der Waals surface area contributed by atoms with Crippen LogP contribution in [0.2, 0.25) is 0 Å². The van der Waals surface area contributed by atoms with Crippen LogP contribution in [0, 0.1) is 5.92 Å². The predicted octanol–water partition coefficient (Wildman–Crippen LogP) is 6.75. The van der Waals surface area contributed by atoms with Gasteiger partial charge in [-0.1, -0.05) is 85.8 Å². The Morgan fingerprint density at radius 3 is 2.08 bits per heavy atom. The topological polar surface area (TPSA) is 46.2 Å². The normalized spacial score (nSPS) is 20.6. The van der Waals surface area contributed by atoms with Crippen molar-refractivity contribution in [3.8, 4) is 5.75 Å². The molecule has 4 rings (SSSR count). The molecule has 0 radical (unpaired) electrons. The van der Waals surface area contributed by atoms with E-state index in [2.05, 4.69) is 37.8 Å².